The maximum absolute atomic E-state index is 12.8. The van der Waals surface area contributed by atoms with Crippen molar-refractivity contribution >= 4 is 17.9 Å². The highest BCUT2D eigenvalue weighted by molar-refractivity contribution is 5.84. The molecule has 2 aliphatic heterocycles. The van der Waals surface area contributed by atoms with Crippen LogP contribution < -0.4 is 0 Å². The Bertz CT molecular complexity index is 636. The zero-order valence-electron chi connectivity index (χ0n) is 15.6. The molecule has 0 aromatic heterocycles. The van der Waals surface area contributed by atoms with Gasteiger partial charge in [0.25, 0.3) is 0 Å². The summed E-state index contributed by atoms with van der Waals surface area (Å²) in [7, 11) is 0. The van der Waals surface area contributed by atoms with Crippen molar-refractivity contribution in [3.63, 3.8) is 0 Å². The number of rotatable bonds is 5. The summed E-state index contributed by atoms with van der Waals surface area (Å²) in [5.41, 5.74) is 1.22. The fourth-order valence-electron chi connectivity index (χ4n) is 3.73. The van der Waals surface area contributed by atoms with Gasteiger partial charge in [0.2, 0.25) is 11.8 Å². The molecule has 0 saturated carbocycles. The lowest BCUT2D eigenvalue weighted by Crippen LogP contribution is -2.53. The Hall–Kier alpha value is -2.14. The minimum Gasteiger partial charge on any atom is -0.342 e. The number of nitrogens with zero attached hydrogens (tertiary/aromatic N) is 3. The minimum absolute atomic E-state index is 0.0165. The van der Waals surface area contributed by atoms with Crippen molar-refractivity contribution in [2.45, 2.75) is 19.8 Å². The highest BCUT2D eigenvalue weighted by Gasteiger charge is 2.33. The summed E-state index contributed by atoms with van der Waals surface area (Å²) < 4.78 is 0. The van der Waals surface area contributed by atoms with E-state index in [1.807, 2.05) is 34.9 Å². The Morgan fingerprint density at radius 1 is 1.15 bits per heavy atom. The molecule has 26 heavy (non-hydrogen) atoms. The highest BCUT2D eigenvalue weighted by Crippen LogP contribution is 2.20. The molecule has 0 radical (unpaired) electrons. The van der Waals surface area contributed by atoms with E-state index in [1.165, 1.54) is 5.56 Å². The average Bonchev–Trinajstić information content (AvgIpc) is 2.69. The number of carbonyl (C=O) groups excluding carboxylic acids is 2. The van der Waals surface area contributed by atoms with E-state index in [0.717, 1.165) is 32.7 Å². The molecule has 3 rings (SSSR count). The van der Waals surface area contributed by atoms with Crippen molar-refractivity contribution in [1.82, 2.24) is 14.7 Å². The summed E-state index contributed by atoms with van der Waals surface area (Å²) in [5.74, 6) is 0.402. The molecule has 2 fully saturated rings. The zero-order valence-corrected chi connectivity index (χ0v) is 15.6. The maximum atomic E-state index is 12.8. The number of amides is 2. The van der Waals surface area contributed by atoms with Crippen LogP contribution in [0.15, 0.2) is 36.4 Å². The molecular formula is C21H29N3O2. The number of hydrogen-bond donors (Lipinski definition) is 0. The van der Waals surface area contributed by atoms with Crippen LogP contribution in [0.5, 0.6) is 0 Å². The Morgan fingerprint density at radius 2 is 1.88 bits per heavy atom. The van der Waals surface area contributed by atoms with Gasteiger partial charge in [-0.25, -0.2) is 0 Å². The van der Waals surface area contributed by atoms with Crippen LogP contribution in [0.2, 0.25) is 0 Å². The van der Waals surface area contributed by atoms with Crippen molar-refractivity contribution in [1.29, 1.82) is 0 Å². The van der Waals surface area contributed by atoms with Crippen LogP contribution in [0.1, 0.15) is 25.3 Å². The van der Waals surface area contributed by atoms with Crippen LogP contribution in [0.25, 0.3) is 6.08 Å². The van der Waals surface area contributed by atoms with E-state index in [0.29, 0.717) is 25.9 Å². The molecule has 2 heterocycles. The van der Waals surface area contributed by atoms with E-state index >= 15 is 0 Å². The first-order chi connectivity index (χ1) is 12.7. The lowest BCUT2D eigenvalue weighted by molar-refractivity contribution is -0.144. The molecule has 1 atom stereocenters. The second-order valence-corrected chi connectivity index (χ2v) is 7.11. The van der Waals surface area contributed by atoms with Gasteiger partial charge in [-0.05, 0) is 18.9 Å². The smallest absolute Gasteiger partial charge is 0.227 e. The van der Waals surface area contributed by atoms with E-state index in [2.05, 4.69) is 29.2 Å². The van der Waals surface area contributed by atoms with E-state index < -0.39 is 0 Å². The Morgan fingerprint density at radius 3 is 2.58 bits per heavy atom. The van der Waals surface area contributed by atoms with Gasteiger partial charge in [0.05, 0.1) is 5.92 Å². The predicted octanol–water partition coefficient (Wildman–Crippen LogP) is 2.10. The fourth-order valence-corrected chi connectivity index (χ4v) is 3.73. The predicted molar refractivity (Wildman–Crippen MR) is 103 cm³/mol. The number of carbonyl (C=O) groups is 2. The van der Waals surface area contributed by atoms with Gasteiger partial charge in [-0.1, -0.05) is 42.5 Å². The number of hydrogen-bond acceptors (Lipinski definition) is 3. The maximum Gasteiger partial charge on any atom is 0.227 e. The molecule has 0 unspecified atom stereocenters. The van der Waals surface area contributed by atoms with Crippen molar-refractivity contribution < 1.29 is 9.59 Å². The molecule has 2 amide bonds. The summed E-state index contributed by atoms with van der Waals surface area (Å²) in [6.07, 6.45) is 5.55. The molecule has 0 N–H and O–H groups in total. The van der Waals surface area contributed by atoms with Gasteiger partial charge in [0.1, 0.15) is 0 Å². The fraction of sp³-hybridized carbons (Fsp3) is 0.524. The number of likely N-dealkylation sites (tertiary alicyclic amines) is 1. The van der Waals surface area contributed by atoms with Gasteiger partial charge in [0, 0.05) is 52.2 Å². The monoisotopic (exact) mass is 355 g/mol. The number of piperazine rings is 1. The molecule has 0 spiro atoms. The third-order valence-corrected chi connectivity index (χ3v) is 5.39. The van der Waals surface area contributed by atoms with Crippen molar-refractivity contribution in [2.75, 3.05) is 45.8 Å². The van der Waals surface area contributed by atoms with E-state index in [-0.39, 0.29) is 17.7 Å². The summed E-state index contributed by atoms with van der Waals surface area (Å²) >= 11 is 0. The second kappa shape index (κ2) is 8.99. The van der Waals surface area contributed by atoms with E-state index in [4.69, 9.17) is 0 Å². The Labute approximate surface area is 156 Å². The topological polar surface area (TPSA) is 43.9 Å². The van der Waals surface area contributed by atoms with Crippen LogP contribution in [-0.2, 0) is 9.59 Å². The van der Waals surface area contributed by atoms with E-state index in [1.54, 1.807) is 0 Å². The van der Waals surface area contributed by atoms with Crippen LogP contribution in [0.3, 0.4) is 0 Å². The molecule has 1 aromatic rings. The van der Waals surface area contributed by atoms with Gasteiger partial charge in [-0.2, -0.15) is 0 Å². The third-order valence-electron chi connectivity index (χ3n) is 5.39. The molecule has 0 aliphatic carbocycles. The average molecular weight is 355 g/mol. The van der Waals surface area contributed by atoms with Gasteiger partial charge in [-0.15, -0.1) is 0 Å². The van der Waals surface area contributed by atoms with Gasteiger partial charge in [0.15, 0.2) is 0 Å². The van der Waals surface area contributed by atoms with E-state index in [9.17, 15) is 9.59 Å². The van der Waals surface area contributed by atoms with Crippen LogP contribution in [0, 0.1) is 5.92 Å². The summed E-state index contributed by atoms with van der Waals surface area (Å²) in [6, 6.07) is 10.3. The normalized spacial score (nSPS) is 22.2. The lowest BCUT2D eigenvalue weighted by atomic mass is 9.95. The van der Waals surface area contributed by atoms with Crippen molar-refractivity contribution in [3.05, 3.63) is 42.0 Å². The second-order valence-electron chi connectivity index (χ2n) is 7.11. The third kappa shape index (κ3) is 4.73. The Kier molecular flexibility index (Phi) is 6.45. The number of benzene rings is 1. The molecule has 2 saturated heterocycles. The van der Waals surface area contributed by atoms with Crippen molar-refractivity contribution in [3.8, 4) is 0 Å². The Balaban J connectivity index is 1.44. The standard InChI is InChI=1S/C21H29N3O2/c1-2-23-17-19(10-11-20(23)25)21(26)24-15-13-22(14-16-24)12-6-9-18-7-4-3-5-8-18/h3-9,19H,2,10-17H2,1H3/b9-6+/t19-/m1/s1. The van der Waals surface area contributed by atoms with Crippen molar-refractivity contribution in [2.24, 2.45) is 5.92 Å². The first-order valence-corrected chi connectivity index (χ1v) is 9.68. The summed E-state index contributed by atoms with van der Waals surface area (Å²) in [5, 5.41) is 0. The first-order valence-electron chi connectivity index (χ1n) is 9.68. The molecule has 140 valence electrons. The summed E-state index contributed by atoms with van der Waals surface area (Å²) in [6.45, 7) is 7.58. The minimum atomic E-state index is -0.0165. The van der Waals surface area contributed by atoms with Gasteiger partial charge >= 0.3 is 0 Å². The first kappa shape index (κ1) is 18.6. The number of piperidine rings is 1. The zero-order chi connectivity index (χ0) is 18.4. The molecule has 5 nitrogen and oxygen atoms in total. The largest absolute Gasteiger partial charge is 0.342 e. The van der Waals surface area contributed by atoms with Crippen LogP contribution in [0.4, 0.5) is 0 Å². The van der Waals surface area contributed by atoms with Gasteiger partial charge < -0.3 is 9.80 Å². The highest BCUT2D eigenvalue weighted by atomic mass is 16.2. The molecule has 1 aromatic carbocycles. The quantitative estimate of drug-likeness (QED) is 0.812. The lowest BCUT2D eigenvalue weighted by Gasteiger charge is -2.38. The molecule has 0 bridgehead atoms. The molecule has 2 aliphatic rings. The van der Waals surface area contributed by atoms with Crippen LogP contribution in [-0.4, -0.2) is 72.3 Å². The summed E-state index contributed by atoms with van der Waals surface area (Å²) in [4.78, 5) is 30.8. The van der Waals surface area contributed by atoms with Gasteiger partial charge in [-0.3, -0.25) is 14.5 Å². The molecular weight excluding hydrogens is 326 g/mol. The SMILES string of the molecule is CCN1C[C@H](C(=O)N2CCN(C/C=C/c3ccccc3)CC2)CCC1=O. The molecule has 5 heteroatoms. The van der Waals surface area contributed by atoms with Crippen LogP contribution >= 0.6 is 0 Å².